The number of carboxylic acid groups (broad SMARTS) is 1. The van der Waals surface area contributed by atoms with Crippen LogP contribution in [0.5, 0.6) is 0 Å². The third-order valence-corrected chi connectivity index (χ3v) is 3.24. The van der Waals surface area contributed by atoms with Crippen LogP contribution < -0.4 is 5.32 Å². The zero-order valence-corrected chi connectivity index (χ0v) is 10.8. The molecule has 0 saturated carbocycles. The Kier molecular flexibility index (Phi) is 6.47. The predicted octanol–water partition coefficient (Wildman–Crippen LogP) is 0.550. The zero-order valence-electron chi connectivity index (χ0n) is 10.8. The zero-order chi connectivity index (χ0) is 12.7. The largest absolute Gasteiger partial charge is 0.480 e. The molecule has 2 unspecified atom stereocenters. The van der Waals surface area contributed by atoms with E-state index in [0.29, 0.717) is 12.5 Å². The highest BCUT2D eigenvalue weighted by Gasteiger charge is 2.24. The molecule has 0 aromatic carbocycles. The molecule has 1 aliphatic heterocycles. The summed E-state index contributed by atoms with van der Waals surface area (Å²) in [4.78, 5) is 13.3. The monoisotopic (exact) mass is 244 g/mol. The molecular weight excluding hydrogens is 220 g/mol. The second-order valence-electron chi connectivity index (χ2n) is 4.58. The molecule has 1 fully saturated rings. The minimum absolute atomic E-state index is 0.321. The molecule has 17 heavy (non-hydrogen) atoms. The number of likely N-dealkylation sites (tertiary alicyclic amines) is 1. The van der Waals surface area contributed by atoms with Crippen LogP contribution in [-0.2, 0) is 9.53 Å². The summed E-state index contributed by atoms with van der Waals surface area (Å²) in [5, 5.41) is 12.1. The highest BCUT2D eigenvalue weighted by molar-refractivity contribution is 5.73. The van der Waals surface area contributed by atoms with Crippen molar-refractivity contribution in [2.75, 3.05) is 33.3 Å². The molecular formula is C12H24N2O3. The normalized spacial score (nSPS) is 22.8. The van der Waals surface area contributed by atoms with Crippen molar-refractivity contribution < 1.29 is 14.6 Å². The number of rotatable bonds is 8. The Morgan fingerprint density at radius 1 is 1.65 bits per heavy atom. The fraction of sp³-hybridized carbons (Fsp3) is 0.917. The number of aliphatic carboxylic acids is 1. The molecule has 2 atom stereocenters. The van der Waals surface area contributed by atoms with Crippen LogP contribution in [0.1, 0.15) is 26.2 Å². The first-order chi connectivity index (χ1) is 8.17. The average Bonchev–Trinajstić information content (AvgIpc) is 2.76. The minimum atomic E-state index is -0.749. The second kappa shape index (κ2) is 7.63. The van der Waals surface area contributed by atoms with Crippen LogP contribution in [0.2, 0.25) is 0 Å². The SMILES string of the molecule is CCCNC(CCN1CCC(OC)C1)C(=O)O. The number of hydrogen-bond acceptors (Lipinski definition) is 4. The molecule has 0 aromatic heterocycles. The maximum atomic E-state index is 11.0. The summed E-state index contributed by atoms with van der Waals surface area (Å²) < 4.78 is 5.29. The molecule has 0 radical (unpaired) electrons. The molecule has 0 aromatic rings. The summed E-state index contributed by atoms with van der Waals surface area (Å²) in [5.41, 5.74) is 0. The summed E-state index contributed by atoms with van der Waals surface area (Å²) >= 11 is 0. The summed E-state index contributed by atoms with van der Waals surface area (Å²) in [6, 6.07) is -0.420. The van der Waals surface area contributed by atoms with E-state index in [9.17, 15) is 4.79 Å². The van der Waals surface area contributed by atoms with E-state index < -0.39 is 12.0 Å². The van der Waals surface area contributed by atoms with Crippen LogP contribution in [0.3, 0.4) is 0 Å². The standard InChI is InChI=1S/C12H24N2O3/c1-3-6-13-11(12(15)16)5-8-14-7-4-10(9-14)17-2/h10-11,13H,3-9H2,1-2H3,(H,15,16). The third-order valence-electron chi connectivity index (χ3n) is 3.24. The molecule has 2 N–H and O–H groups in total. The van der Waals surface area contributed by atoms with Crippen LogP contribution in [0, 0.1) is 0 Å². The Hall–Kier alpha value is -0.650. The third kappa shape index (κ3) is 5.02. The number of nitrogens with zero attached hydrogens (tertiary/aromatic N) is 1. The lowest BCUT2D eigenvalue weighted by Gasteiger charge is -2.19. The van der Waals surface area contributed by atoms with Gasteiger partial charge in [0.15, 0.2) is 0 Å². The quantitative estimate of drug-likeness (QED) is 0.653. The van der Waals surface area contributed by atoms with E-state index >= 15 is 0 Å². The first kappa shape index (κ1) is 14.4. The average molecular weight is 244 g/mol. The van der Waals surface area contributed by atoms with E-state index in [-0.39, 0.29) is 0 Å². The Morgan fingerprint density at radius 2 is 2.41 bits per heavy atom. The van der Waals surface area contributed by atoms with Gasteiger partial charge in [0.05, 0.1) is 6.10 Å². The van der Waals surface area contributed by atoms with Crippen LogP contribution in [0.15, 0.2) is 0 Å². The lowest BCUT2D eigenvalue weighted by molar-refractivity contribution is -0.139. The summed E-state index contributed by atoms with van der Waals surface area (Å²) in [6.45, 7) is 5.57. The van der Waals surface area contributed by atoms with E-state index in [2.05, 4.69) is 10.2 Å². The molecule has 0 amide bonds. The van der Waals surface area contributed by atoms with Gasteiger partial charge in [-0.3, -0.25) is 4.79 Å². The van der Waals surface area contributed by atoms with E-state index in [1.807, 2.05) is 6.92 Å². The van der Waals surface area contributed by atoms with E-state index in [1.165, 1.54) is 0 Å². The highest BCUT2D eigenvalue weighted by Crippen LogP contribution is 2.12. The van der Waals surface area contributed by atoms with Crippen molar-refractivity contribution in [2.45, 2.75) is 38.3 Å². The number of carboxylic acids is 1. The van der Waals surface area contributed by atoms with Gasteiger partial charge in [0, 0.05) is 26.7 Å². The first-order valence-corrected chi connectivity index (χ1v) is 6.38. The number of methoxy groups -OCH3 is 1. The second-order valence-corrected chi connectivity index (χ2v) is 4.58. The van der Waals surface area contributed by atoms with Crippen LogP contribution >= 0.6 is 0 Å². The van der Waals surface area contributed by atoms with Gasteiger partial charge in [-0.15, -0.1) is 0 Å². The minimum Gasteiger partial charge on any atom is -0.480 e. The number of carbonyl (C=O) groups is 1. The fourth-order valence-corrected chi connectivity index (χ4v) is 2.14. The molecule has 1 aliphatic rings. The van der Waals surface area contributed by atoms with Gasteiger partial charge in [-0.05, 0) is 25.8 Å². The molecule has 1 rings (SSSR count). The molecule has 0 aliphatic carbocycles. The summed E-state index contributed by atoms with van der Waals surface area (Å²) in [7, 11) is 1.73. The number of nitrogens with one attached hydrogen (secondary N) is 1. The van der Waals surface area contributed by atoms with E-state index in [1.54, 1.807) is 7.11 Å². The maximum Gasteiger partial charge on any atom is 0.320 e. The number of ether oxygens (including phenoxy) is 1. The van der Waals surface area contributed by atoms with Crippen LogP contribution in [-0.4, -0.2) is 61.4 Å². The van der Waals surface area contributed by atoms with Gasteiger partial charge in [-0.1, -0.05) is 6.92 Å². The van der Waals surface area contributed by atoms with Gasteiger partial charge < -0.3 is 20.1 Å². The van der Waals surface area contributed by atoms with Crippen molar-refractivity contribution in [2.24, 2.45) is 0 Å². The lowest BCUT2D eigenvalue weighted by atomic mass is 10.2. The predicted molar refractivity (Wildman–Crippen MR) is 66.2 cm³/mol. The molecule has 1 saturated heterocycles. The van der Waals surface area contributed by atoms with E-state index in [0.717, 1.165) is 39.0 Å². The van der Waals surface area contributed by atoms with Gasteiger partial charge >= 0.3 is 5.97 Å². The van der Waals surface area contributed by atoms with Crippen molar-refractivity contribution >= 4 is 5.97 Å². The van der Waals surface area contributed by atoms with Gasteiger partial charge in [-0.25, -0.2) is 0 Å². The first-order valence-electron chi connectivity index (χ1n) is 6.38. The van der Waals surface area contributed by atoms with Crippen molar-refractivity contribution in [3.05, 3.63) is 0 Å². The van der Waals surface area contributed by atoms with Gasteiger partial charge in [-0.2, -0.15) is 0 Å². The van der Waals surface area contributed by atoms with E-state index in [4.69, 9.17) is 9.84 Å². The van der Waals surface area contributed by atoms with Gasteiger partial charge in [0.2, 0.25) is 0 Å². The Bertz CT molecular complexity index is 236. The van der Waals surface area contributed by atoms with Crippen molar-refractivity contribution in [1.82, 2.24) is 10.2 Å². The lowest BCUT2D eigenvalue weighted by Crippen LogP contribution is -2.40. The molecule has 0 spiro atoms. The van der Waals surface area contributed by atoms with Crippen molar-refractivity contribution in [3.63, 3.8) is 0 Å². The summed E-state index contributed by atoms with van der Waals surface area (Å²) in [5.74, 6) is -0.749. The Labute approximate surface area is 103 Å². The topological polar surface area (TPSA) is 61.8 Å². The smallest absolute Gasteiger partial charge is 0.320 e. The Morgan fingerprint density at radius 3 is 2.94 bits per heavy atom. The van der Waals surface area contributed by atoms with Crippen molar-refractivity contribution in [1.29, 1.82) is 0 Å². The summed E-state index contributed by atoms with van der Waals surface area (Å²) in [6.07, 6.45) is 2.99. The van der Waals surface area contributed by atoms with Crippen LogP contribution in [0.25, 0.3) is 0 Å². The van der Waals surface area contributed by atoms with Gasteiger partial charge in [0.1, 0.15) is 6.04 Å². The Balaban J connectivity index is 2.24. The van der Waals surface area contributed by atoms with Gasteiger partial charge in [0.25, 0.3) is 0 Å². The molecule has 5 nitrogen and oxygen atoms in total. The highest BCUT2D eigenvalue weighted by atomic mass is 16.5. The molecule has 1 heterocycles. The van der Waals surface area contributed by atoms with Crippen LogP contribution in [0.4, 0.5) is 0 Å². The molecule has 5 heteroatoms. The molecule has 100 valence electrons. The van der Waals surface area contributed by atoms with Crippen molar-refractivity contribution in [3.8, 4) is 0 Å². The fourth-order valence-electron chi connectivity index (χ4n) is 2.14. The number of hydrogen-bond donors (Lipinski definition) is 2. The molecule has 0 bridgehead atoms. The maximum absolute atomic E-state index is 11.0.